The largest absolute Gasteiger partial charge is 0.397 e. The Kier molecular flexibility index (Phi) is 3.71. The number of carbonyl (C=O) groups is 1. The number of nitrogens with one attached hydrogen (secondary N) is 1. The van der Waals surface area contributed by atoms with Crippen LogP contribution in [0.1, 0.15) is 21.5 Å². The molecule has 0 saturated carbocycles. The third-order valence-corrected chi connectivity index (χ3v) is 2.91. The second-order valence-corrected chi connectivity index (χ2v) is 4.48. The fourth-order valence-corrected chi connectivity index (χ4v) is 1.99. The van der Waals surface area contributed by atoms with Gasteiger partial charge in [-0.15, -0.1) is 0 Å². The molecule has 4 nitrogen and oxygen atoms in total. The first-order valence-electron chi connectivity index (χ1n) is 6.05. The van der Waals surface area contributed by atoms with E-state index in [0.717, 1.165) is 5.56 Å². The first kappa shape index (κ1) is 13.0. The molecule has 1 amide bonds. The van der Waals surface area contributed by atoms with E-state index in [9.17, 15) is 4.79 Å². The second-order valence-electron chi connectivity index (χ2n) is 4.48. The molecule has 0 atom stereocenters. The molecule has 2 aromatic carbocycles. The van der Waals surface area contributed by atoms with Gasteiger partial charge in [0, 0.05) is 6.54 Å². The molecule has 0 heterocycles. The second kappa shape index (κ2) is 5.44. The van der Waals surface area contributed by atoms with Gasteiger partial charge in [0.05, 0.1) is 16.9 Å². The summed E-state index contributed by atoms with van der Waals surface area (Å²) < 4.78 is 0. The number of hydrogen-bond acceptors (Lipinski definition) is 3. The zero-order valence-corrected chi connectivity index (χ0v) is 10.8. The van der Waals surface area contributed by atoms with Crippen LogP contribution in [0.5, 0.6) is 0 Å². The summed E-state index contributed by atoms with van der Waals surface area (Å²) >= 11 is 0. The highest BCUT2D eigenvalue weighted by atomic mass is 16.1. The zero-order chi connectivity index (χ0) is 13.8. The minimum atomic E-state index is -0.487. The molecular weight excluding hydrogens is 238 g/mol. The molecule has 0 aliphatic heterocycles. The number of nitrogen functional groups attached to an aromatic ring is 1. The summed E-state index contributed by atoms with van der Waals surface area (Å²) in [4.78, 5) is 11.4. The highest BCUT2D eigenvalue weighted by molar-refractivity contribution is 6.01. The van der Waals surface area contributed by atoms with Gasteiger partial charge in [-0.25, -0.2) is 0 Å². The molecule has 0 spiro atoms. The lowest BCUT2D eigenvalue weighted by Crippen LogP contribution is -2.15. The maximum absolute atomic E-state index is 11.4. The molecule has 98 valence electrons. The van der Waals surface area contributed by atoms with Gasteiger partial charge in [-0.3, -0.25) is 4.79 Å². The average Bonchev–Trinajstić information content (AvgIpc) is 2.37. The van der Waals surface area contributed by atoms with Crippen molar-refractivity contribution in [3.8, 4) is 0 Å². The lowest BCUT2D eigenvalue weighted by Gasteiger charge is -2.13. The molecule has 0 unspecified atom stereocenters. The standard InChI is InChI=1S/C15H17N3O/c1-10-4-2-5-11(8-10)9-18-14-12(15(17)19)6-3-7-13(14)16/h2-8,18H,9,16H2,1H3,(H2,17,19). The smallest absolute Gasteiger partial charge is 0.250 e. The monoisotopic (exact) mass is 255 g/mol. The van der Waals surface area contributed by atoms with Gasteiger partial charge in [-0.2, -0.15) is 0 Å². The normalized spacial score (nSPS) is 10.2. The Hall–Kier alpha value is -2.49. The summed E-state index contributed by atoms with van der Waals surface area (Å²) in [5, 5.41) is 3.18. The van der Waals surface area contributed by atoms with Crippen molar-refractivity contribution in [1.82, 2.24) is 0 Å². The molecule has 0 saturated heterocycles. The number of anilines is 2. The van der Waals surface area contributed by atoms with Crippen LogP contribution in [0.4, 0.5) is 11.4 Å². The average molecular weight is 255 g/mol. The van der Waals surface area contributed by atoms with Crippen LogP contribution in [0, 0.1) is 6.92 Å². The van der Waals surface area contributed by atoms with E-state index in [4.69, 9.17) is 11.5 Å². The van der Waals surface area contributed by atoms with E-state index < -0.39 is 5.91 Å². The summed E-state index contributed by atoms with van der Waals surface area (Å²) in [6.07, 6.45) is 0. The van der Waals surface area contributed by atoms with Gasteiger partial charge in [0.1, 0.15) is 0 Å². The Balaban J connectivity index is 2.22. The Morgan fingerprint density at radius 3 is 2.63 bits per heavy atom. The highest BCUT2D eigenvalue weighted by Crippen LogP contribution is 2.23. The fraction of sp³-hybridized carbons (Fsp3) is 0.133. The lowest BCUT2D eigenvalue weighted by atomic mass is 10.1. The molecule has 0 fully saturated rings. The van der Waals surface area contributed by atoms with Crippen molar-refractivity contribution < 1.29 is 4.79 Å². The van der Waals surface area contributed by atoms with E-state index in [1.54, 1.807) is 18.2 Å². The van der Waals surface area contributed by atoms with Gasteiger partial charge in [-0.05, 0) is 24.6 Å². The van der Waals surface area contributed by atoms with Crippen molar-refractivity contribution in [2.24, 2.45) is 5.73 Å². The van der Waals surface area contributed by atoms with Crippen LogP contribution in [-0.2, 0) is 6.54 Å². The summed E-state index contributed by atoms with van der Waals surface area (Å²) in [7, 11) is 0. The number of rotatable bonds is 4. The first-order chi connectivity index (χ1) is 9.08. The number of para-hydroxylation sites is 1. The Labute approximate surface area is 112 Å². The predicted octanol–water partition coefficient (Wildman–Crippen LogP) is 2.29. The van der Waals surface area contributed by atoms with E-state index in [0.29, 0.717) is 23.5 Å². The predicted molar refractivity (Wildman–Crippen MR) is 77.9 cm³/mol. The van der Waals surface area contributed by atoms with Crippen molar-refractivity contribution in [2.75, 3.05) is 11.1 Å². The molecule has 0 radical (unpaired) electrons. The molecule has 0 aromatic heterocycles. The van der Waals surface area contributed by atoms with Gasteiger partial charge in [0.25, 0.3) is 5.91 Å². The van der Waals surface area contributed by atoms with Crippen LogP contribution in [0.25, 0.3) is 0 Å². The number of hydrogen-bond donors (Lipinski definition) is 3. The number of nitrogens with two attached hydrogens (primary N) is 2. The molecule has 4 heteroatoms. The maximum atomic E-state index is 11.4. The summed E-state index contributed by atoms with van der Waals surface area (Å²) in [5.74, 6) is -0.487. The van der Waals surface area contributed by atoms with Crippen molar-refractivity contribution in [3.63, 3.8) is 0 Å². The van der Waals surface area contributed by atoms with Crippen molar-refractivity contribution in [1.29, 1.82) is 0 Å². The van der Waals surface area contributed by atoms with E-state index >= 15 is 0 Å². The van der Waals surface area contributed by atoms with Crippen molar-refractivity contribution >= 4 is 17.3 Å². The number of primary amides is 1. The molecule has 0 bridgehead atoms. The fourth-order valence-electron chi connectivity index (χ4n) is 1.99. The van der Waals surface area contributed by atoms with Crippen LogP contribution in [0.3, 0.4) is 0 Å². The number of carbonyl (C=O) groups excluding carboxylic acids is 1. The molecule has 2 aromatic rings. The Morgan fingerprint density at radius 2 is 1.95 bits per heavy atom. The van der Waals surface area contributed by atoms with Crippen LogP contribution < -0.4 is 16.8 Å². The molecular formula is C15H17N3O. The van der Waals surface area contributed by atoms with Crippen molar-refractivity contribution in [3.05, 3.63) is 59.2 Å². The molecule has 2 rings (SSSR count). The third-order valence-electron chi connectivity index (χ3n) is 2.91. The summed E-state index contributed by atoms with van der Waals surface area (Å²) in [6.45, 7) is 2.63. The summed E-state index contributed by atoms with van der Waals surface area (Å²) in [6, 6.07) is 13.2. The molecule has 5 N–H and O–H groups in total. The molecule has 0 aliphatic rings. The number of aryl methyl sites for hydroxylation is 1. The SMILES string of the molecule is Cc1cccc(CNc2c(N)cccc2C(N)=O)c1. The van der Waals surface area contributed by atoms with E-state index in [1.807, 2.05) is 25.1 Å². The molecule has 19 heavy (non-hydrogen) atoms. The Bertz CT molecular complexity index is 608. The van der Waals surface area contributed by atoms with E-state index in [2.05, 4.69) is 11.4 Å². The van der Waals surface area contributed by atoms with Crippen LogP contribution in [0.15, 0.2) is 42.5 Å². The first-order valence-corrected chi connectivity index (χ1v) is 6.05. The van der Waals surface area contributed by atoms with Crippen molar-refractivity contribution in [2.45, 2.75) is 13.5 Å². The summed E-state index contributed by atoms with van der Waals surface area (Å²) in [5.41, 5.74) is 15.1. The van der Waals surface area contributed by atoms with Gasteiger partial charge >= 0.3 is 0 Å². The van der Waals surface area contributed by atoms with E-state index in [1.165, 1.54) is 5.56 Å². The quantitative estimate of drug-likeness (QED) is 0.733. The van der Waals surface area contributed by atoms with Crippen LogP contribution in [-0.4, -0.2) is 5.91 Å². The third kappa shape index (κ3) is 3.04. The van der Waals surface area contributed by atoms with E-state index in [-0.39, 0.29) is 0 Å². The van der Waals surface area contributed by atoms with Gasteiger partial charge in [0.15, 0.2) is 0 Å². The number of benzene rings is 2. The van der Waals surface area contributed by atoms with Crippen LogP contribution in [0.2, 0.25) is 0 Å². The minimum absolute atomic E-state index is 0.410. The minimum Gasteiger partial charge on any atom is -0.397 e. The van der Waals surface area contributed by atoms with Crippen LogP contribution >= 0.6 is 0 Å². The van der Waals surface area contributed by atoms with Gasteiger partial charge in [-0.1, -0.05) is 35.9 Å². The molecule has 0 aliphatic carbocycles. The van der Waals surface area contributed by atoms with Gasteiger partial charge in [0.2, 0.25) is 0 Å². The number of amides is 1. The lowest BCUT2D eigenvalue weighted by molar-refractivity contribution is 0.100. The van der Waals surface area contributed by atoms with Gasteiger partial charge < -0.3 is 16.8 Å². The maximum Gasteiger partial charge on any atom is 0.250 e. The zero-order valence-electron chi connectivity index (χ0n) is 10.8. The Morgan fingerprint density at radius 1 is 1.21 bits per heavy atom. The highest BCUT2D eigenvalue weighted by Gasteiger charge is 2.10. The topological polar surface area (TPSA) is 81.1 Å².